The molecular formula is C21H16N2O5. The molecule has 0 aliphatic carbocycles. The summed E-state index contributed by atoms with van der Waals surface area (Å²) in [4.78, 5) is 24.0. The van der Waals surface area contributed by atoms with Gasteiger partial charge in [0, 0.05) is 16.8 Å². The van der Waals surface area contributed by atoms with Gasteiger partial charge in [0.15, 0.2) is 11.5 Å². The standard InChI is InChI=1S/C21H16N2O5/c24-20(16-8-9-18-19(11-16)28-12-27-18)22-17-3-1-2-15(10-17)13-4-6-14(7-5-13)21(25)23-26/h1-11,26H,12H2,(H,22,24)(H,23,25). The maximum atomic E-state index is 12.5. The molecule has 0 aromatic heterocycles. The van der Waals surface area contributed by atoms with Gasteiger partial charge in [-0.2, -0.15) is 0 Å². The Morgan fingerprint density at radius 3 is 2.32 bits per heavy atom. The van der Waals surface area contributed by atoms with Crippen LogP contribution >= 0.6 is 0 Å². The van der Waals surface area contributed by atoms with Crippen LogP contribution in [0, 0.1) is 0 Å². The third-order valence-electron chi connectivity index (χ3n) is 4.34. The molecule has 28 heavy (non-hydrogen) atoms. The van der Waals surface area contributed by atoms with Crippen molar-refractivity contribution in [3.05, 3.63) is 77.9 Å². The fourth-order valence-corrected chi connectivity index (χ4v) is 2.90. The van der Waals surface area contributed by atoms with Crippen LogP contribution in [0.25, 0.3) is 11.1 Å². The van der Waals surface area contributed by atoms with E-state index in [0.717, 1.165) is 11.1 Å². The number of amides is 2. The molecular weight excluding hydrogens is 360 g/mol. The molecule has 0 spiro atoms. The number of carbonyl (C=O) groups excluding carboxylic acids is 2. The van der Waals surface area contributed by atoms with E-state index >= 15 is 0 Å². The summed E-state index contributed by atoms with van der Waals surface area (Å²) in [6.45, 7) is 0.154. The zero-order valence-electron chi connectivity index (χ0n) is 14.6. The first-order chi connectivity index (χ1) is 13.6. The molecule has 1 heterocycles. The summed E-state index contributed by atoms with van der Waals surface area (Å²) in [5, 5.41) is 11.6. The van der Waals surface area contributed by atoms with Crippen molar-refractivity contribution in [2.75, 3.05) is 12.1 Å². The highest BCUT2D eigenvalue weighted by Gasteiger charge is 2.16. The largest absolute Gasteiger partial charge is 0.454 e. The van der Waals surface area contributed by atoms with Crippen LogP contribution in [0.4, 0.5) is 5.69 Å². The van der Waals surface area contributed by atoms with Crippen molar-refractivity contribution in [1.29, 1.82) is 0 Å². The fourth-order valence-electron chi connectivity index (χ4n) is 2.90. The molecule has 0 saturated carbocycles. The lowest BCUT2D eigenvalue weighted by Gasteiger charge is -2.09. The number of anilines is 1. The van der Waals surface area contributed by atoms with Gasteiger partial charge >= 0.3 is 0 Å². The Bertz CT molecular complexity index is 1050. The predicted octanol–water partition coefficient (Wildman–Crippen LogP) is 3.45. The average Bonchev–Trinajstić information content (AvgIpc) is 3.21. The van der Waals surface area contributed by atoms with E-state index in [1.54, 1.807) is 54.0 Å². The SMILES string of the molecule is O=C(NO)c1ccc(-c2cccc(NC(=O)c3ccc4c(c3)OCO4)c2)cc1. The van der Waals surface area contributed by atoms with Crippen LogP contribution in [0.3, 0.4) is 0 Å². The molecule has 1 aliphatic heterocycles. The van der Waals surface area contributed by atoms with Gasteiger partial charge in [0.25, 0.3) is 11.8 Å². The second-order valence-corrected chi connectivity index (χ2v) is 6.12. The summed E-state index contributed by atoms with van der Waals surface area (Å²) in [5.74, 6) is 0.340. The molecule has 0 fully saturated rings. The molecule has 0 unspecified atom stereocenters. The van der Waals surface area contributed by atoms with Crippen LogP contribution in [0.2, 0.25) is 0 Å². The molecule has 4 rings (SSSR count). The molecule has 0 bridgehead atoms. The van der Waals surface area contributed by atoms with Crippen LogP contribution in [0.15, 0.2) is 66.7 Å². The van der Waals surface area contributed by atoms with Gasteiger partial charge in [-0.1, -0.05) is 24.3 Å². The fraction of sp³-hybridized carbons (Fsp3) is 0.0476. The summed E-state index contributed by atoms with van der Waals surface area (Å²) in [5.41, 5.74) is 4.79. The number of hydroxylamine groups is 1. The molecule has 3 aromatic rings. The number of nitrogens with one attached hydrogen (secondary N) is 2. The van der Waals surface area contributed by atoms with E-state index in [1.165, 1.54) is 0 Å². The van der Waals surface area contributed by atoms with Crippen molar-refractivity contribution < 1.29 is 24.3 Å². The predicted molar refractivity (Wildman–Crippen MR) is 102 cm³/mol. The number of fused-ring (bicyclic) bond motifs is 1. The Hall–Kier alpha value is -3.84. The Kier molecular flexibility index (Phi) is 4.65. The number of ether oxygens (including phenoxy) is 2. The molecule has 3 aromatic carbocycles. The van der Waals surface area contributed by atoms with Crippen LogP contribution in [0.1, 0.15) is 20.7 Å². The Balaban J connectivity index is 1.52. The van der Waals surface area contributed by atoms with Gasteiger partial charge < -0.3 is 14.8 Å². The van der Waals surface area contributed by atoms with E-state index in [0.29, 0.717) is 28.3 Å². The van der Waals surface area contributed by atoms with E-state index in [-0.39, 0.29) is 12.7 Å². The van der Waals surface area contributed by atoms with E-state index in [9.17, 15) is 9.59 Å². The maximum absolute atomic E-state index is 12.5. The maximum Gasteiger partial charge on any atom is 0.274 e. The Labute approximate surface area is 160 Å². The van der Waals surface area contributed by atoms with Gasteiger partial charge in [0.2, 0.25) is 6.79 Å². The zero-order valence-corrected chi connectivity index (χ0v) is 14.6. The van der Waals surface area contributed by atoms with Crippen molar-refractivity contribution in [2.24, 2.45) is 0 Å². The Morgan fingerprint density at radius 2 is 1.54 bits per heavy atom. The highest BCUT2D eigenvalue weighted by molar-refractivity contribution is 6.05. The minimum atomic E-state index is -0.573. The summed E-state index contributed by atoms with van der Waals surface area (Å²) in [6, 6.07) is 19.1. The lowest BCUT2D eigenvalue weighted by molar-refractivity contribution is 0.0706. The van der Waals surface area contributed by atoms with Crippen molar-refractivity contribution in [2.45, 2.75) is 0 Å². The summed E-state index contributed by atoms with van der Waals surface area (Å²) in [7, 11) is 0. The zero-order chi connectivity index (χ0) is 19.5. The third kappa shape index (κ3) is 3.51. The molecule has 2 amide bonds. The molecule has 0 atom stereocenters. The molecule has 7 heteroatoms. The van der Waals surface area contributed by atoms with Crippen molar-refractivity contribution in [1.82, 2.24) is 5.48 Å². The van der Waals surface area contributed by atoms with Crippen LogP contribution in [-0.2, 0) is 0 Å². The third-order valence-corrected chi connectivity index (χ3v) is 4.34. The van der Waals surface area contributed by atoms with Gasteiger partial charge in [-0.3, -0.25) is 14.8 Å². The number of hydrogen-bond donors (Lipinski definition) is 3. The van der Waals surface area contributed by atoms with E-state index in [2.05, 4.69) is 5.32 Å². The van der Waals surface area contributed by atoms with E-state index in [4.69, 9.17) is 14.7 Å². The van der Waals surface area contributed by atoms with Crippen LogP contribution in [-0.4, -0.2) is 23.8 Å². The number of carbonyl (C=O) groups is 2. The minimum absolute atomic E-state index is 0.154. The summed E-state index contributed by atoms with van der Waals surface area (Å²) in [6.07, 6.45) is 0. The Morgan fingerprint density at radius 1 is 0.786 bits per heavy atom. The molecule has 0 saturated heterocycles. The minimum Gasteiger partial charge on any atom is -0.454 e. The number of hydrogen-bond acceptors (Lipinski definition) is 5. The lowest BCUT2D eigenvalue weighted by Crippen LogP contribution is -2.18. The first-order valence-electron chi connectivity index (χ1n) is 8.50. The first-order valence-corrected chi connectivity index (χ1v) is 8.50. The van der Waals surface area contributed by atoms with E-state index < -0.39 is 5.91 Å². The number of benzene rings is 3. The summed E-state index contributed by atoms with van der Waals surface area (Å²) < 4.78 is 10.6. The molecule has 7 nitrogen and oxygen atoms in total. The van der Waals surface area contributed by atoms with Crippen molar-refractivity contribution in [3.8, 4) is 22.6 Å². The smallest absolute Gasteiger partial charge is 0.274 e. The van der Waals surface area contributed by atoms with Gasteiger partial charge in [-0.25, -0.2) is 5.48 Å². The molecule has 1 aliphatic rings. The normalized spacial score (nSPS) is 11.8. The molecule has 3 N–H and O–H groups in total. The van der Waals surface area contributed by atoms with Crippen LogP contribution in [0.5, 0.6) is 11.5 Å². The highest BCUT2D eigenvalue weighted by Crippen LogP contribution is 2.32. The van der Waals surface area contributed by atoms with Gasteiger partial charge in [0.05, 0.1) is 0 Å². The average molecular weight is 376 g/mol. The van der Waals surface area contributed by atoms with Crippen LogP contribution < -0.4 is 20.3 Å². The number of rotatable bonds is 4. The van der Waals surface area contributed by atoms with Crippen molar-refractivity contribution >= 4 is 17.5 Å². The quantitative estimate of drug-likeness (QED) is 0.479. The monoisotopic (exact) mass is 376 g/mol. The van der Waals surface area contributed by atoms with Crippen molar-refractivity contribution in [3.63, 3.8) is 0 Å². The topological polar surface area (TPSA) is 96.9 Å². The molecule has 140 valence electrons. The van der Waals surface area contributed by atoms with E-state index in [1.807, 2.05) is 18.2 Å². The van der Waals surface area contributed by atoms with Gasteiger partial charge in [0.1, 0.15) is 0 Å². The van der Waals surface area contributed by atoms with Gasteiger partial charge in [-0.15, -0.1) is 0 Å². The first kappa shape index (κ1) is 17.6. The second-order valence-electron chi connectivity index (χ2n) is 6.12. The highest BCUT2D eigenvalue weighted by atomic mass is 16.7. The molecule has 0 radical (unpaired) electrons. The van der Waals surface area contributed by atoms with Gasteiger partial charge in [-0.05, 0) is 53.6 Å². The summed E-state index contributed by atoms with van der Waals surface area (Å²) >= 11 is 0. The second kappa shape index (κ2) is 7.42. The lowest BCUT2D eigenvalue weighted by atomic mass is 10.0.